The lowest BCUT2D eigenvalue weighted by Gasteiger charge is -2.14. The number of halogens is 1. The van der Waals surface area contributed by atoms with Crippen LogP contribution in [0.3, 0.4) is 0 Å². The average molecular weight is 514 g/mol. The number of aromatic nitrogens is 3. The van der Waals surface area contributed by atoms with E-state index in [0.717, 1.165) is 48.0 Å². The maximum Gasteiger partial charge on any atom is 0.253 e. The molecule has 2 heterocycles. The Bertz CT molecular complexity index is 1070. The highest BCUT2D eigenvalue weighted by Crippen LogP contribution is 2.39. The lowest BCUT2D eigenvalue weighted by atomic mass is 9.94. The second kappa shape index (κ2) is 11.5. The monoisotopic (exact) mass is 513 g/mol. The lowest BCUT2D eigenvalue weighted by Crippen LogP contribution is -2.43. The van der Waals surface area contributed by atoms with Gasteiger partial charge in [0.05, 0.1) is 10.8 Å². The molecule has 2 aromatic rings. The van der Waals surface area contributed by atoms with Crippen molar-refractivity contribution >= 4 is 63.3 Å². The molecule has 0 unspecified atom stereocenters. The zero-order chi connectivity index (χ0) is 24.0. The van der Waals surface area contributed by atoms with Crippen LogP contribution in [0, 0.1) is 0 Å². The molecule has 0 saturated heterocycles. The predicted molar refractivity (Wildman–Crippen MR) is 126 cm³/mol. The Morgan fingerprint density at radius 3 is 2.48 bits per heavy atom. The van der Waals surface area contributed by atoms with Gasteiger partial charge in [-0.3, -0.25) is 35.5 Å². The summed E-state index contributed by atoms with van der Waals surface area (Å²) < 4.78 is 1.45. The molecule has 4 amide bonds. The van der Waals surface area contributed by atoms with Crippen LogP contribution in [0.25, 0.3) is 0 Å². The first-order chi connectivity index (χ1) is 15.8. The van der Waals surface area contributed by atoms with Gasteiger partial charge >= 0.3 is 0 Å². The van der Waals surface area contributed by atoms with Crippen LogP contribution in [0.1, 0.15) is 48.5 Å². The molecule has 0 aliphatic heterocycles. The number of nitrogens with zero attached hydrogens (tertiary/aromatic N) is 3. The van der Waals surface area contributed by atoms with Gasteiger partial charge in [-0.25, -0.2) is 4.68 Å². The standard InChI is InChI=1S/C19H24ClN7O4S2/c1-10(28)21-18-13(12-5-3-4-6-14(12)33-18)7-15-22-25-19(27(15)26-11(2)29)32-9-17(31)24-23-16(30)8-20/h3-9H2,1-2H3,(H,21,28)(H,23,30)(H,24,31)(H,26,29). The van der Waals surface area contributed by atoms with Gasteiger partial charge in [-0.2, -0.15) is 0 Å². The zero-order valence-electron chi connectivity index (χ0n) is 18.1. The average Bonchev–Trinajstić information content (AvgIpc) is 3.30. The number of alkyl halides is 1. The molecule has 0 radical (unpaired) electrons. The van der Waals surface area contributed by atoms with Crippen LogP contribution in [0.4, 0.5) is 5.00 Å². The first-order valence-corrected chi connectivity index (χ1v) is 12.5. The number of fused-ring (bicyclic) bond motifs is 1. The van der Waals surface area contributed by atoms with Crippen molar-refractivity contribution in [2.45, 2.75) is 51.1 Å². The van der Waals surface area contributed by atoms with Crippen LogP contribution in [-0.2, 0) is 38.4 Å². The quantitative estimate of drug-likeness (QED) is 0.236. The molecule has 11 nitrogen and oxygen atoms in total. The summed E-state index contributed by atoms with van der Waals surface area (Å²) in [6.07, 6.45) is 4.44. The normalized spacial score (nSPS) is 12.6. The van der Waals surface area contributed by atoms with Crippen molar-refractivity contribution in [3.63, 3.8) is 0 Å². The highest BCUT2D eigenvalue weighted by Gasteiger charge is 2.24. The molecular formula is C19H24ClN7O4S2. The van der Waals surface area contributed by atoms with Gasteiger partial charge in [0.1, 0.15) is 5.88 Å². The molecule has 3 rings (SSSR count). The van der Waals surface area contributed by atoms with Crippen molar-refractivity contribution in [1.82, 2.24) is 25.7 Å². The maximum atomic E-state index is 12.0. The molecular weight excluding hydrogens is 490 g/mol. The molecule has 14 heteroatoms. The Hall–Kier alpha value is -2.64. The Labute approximate surface area is 203 Å². The highest BCUT2D eigenvalue weighted by atomic mass is 35.5. The van der Waals surface area contributed by atoms with Gasteiger partial charge in [-0.05, 0) is 36.8 Å². The Kier molecular flexibility index (Phi) is 8.69. The van der Waals surface area contributed by atoms with E-state index in [0.29, 0.717) is 17.4 Å². The van der Waals surface area contributed by atoms with E-state index in [4.69, 9.17) is 11.6 Å². The van der Waals surface area contributed by atoms with Gasteiger partial charge < -0.3 is 5.32 Å². The summed E-state index contributed by atoms with van der Waals surface area (Å²) >= 11 is 7.99. The molecule has 0 spiro atoms. The minimum atomic E-state index is -0.534. The summed E-state index contributed by atoms with van der Waals surface area (Å²) in [5.74, 6) is -1.37. The van der Waals surface area contributed by atoms with Crippen LogP contribution in [0.15, 0.2) is 5.16 Å². The molecule has 1 aliphatic rings. The number of thiophene rings is 1. The Morgan fingerprint density at radius 1 is 1.06 bits per heavy atom. The molecule has 4 N–H and O–H groups in total. The number of carbonyl (C=O) groups is 4. The molecule has 178 valence electrons. The number of anilines is 1. The summed E-state index contributed by atoms with van der Waals surface area (Å²) in [4.78, 5) is 47.9. The van der Waals surface area contributed by atoms with E-state index in [1.165, 1.54) is 29.0 Å². The van der Waals surface area contributed by atoms with E-state index >= 15 is 0 Å². The van der Waals surface area contributed by atoms with Gasteiger partial charge in [-0.1, -0.05) is 11.8 Å². The van der Waals surface area contributed by atoms with Crippen LogP contribution in [-0.4, -0.2) is 50.1 Å². The number of nitrogens with one attached hydrogen (secondary N) is 4. The summed E-state index contributed by atoms with van der Waals surface area (Å²) in [5.41, 5.74) is 9.29. The summed E-state index contributed by atoms with van der Waals surface area (Å²) in [5, 5.41) is 12.4. The number of hydrazine groups is 1. The SMILES string of the molecule is CC(=O)Nc1sc2c(c1Cc1nnc(SCC(=O)NNC(=O)CCl)n1NC(C)=O)CCCC2. The first-order valence-electron chi connectivity index (χ1n) is 10.2. The summed E-state index contributed by atoms with van der Waals surface area (Å²) in [6, 6.07) is 0. The van der Waals surface area contributed by atoms with Crippen LogP contribution < -0.4 is 21.6 Å². The Balaban J connectivity index is 1.81. The van der Waals surface area contributed by atoms with Gasteiger partial charge in [-0.15, -0.1) is 33.1 Å². The third-order valence-electron chi connectivity index (χ3n) is 4.67. The molecule has 0 saturated carbocycles. The van der Waals surface area contributed by atoms with Crippen molar-refractivity contribution < 1.29 is 19.2 Å². The van der Waals surface area contributed by atoms with Gasteiger partial charge in [0.25, 0.3) is 5.91 Å². The summed E-state index contributed by atoms with van der Waals surface area (Å²) in [6.45, 7) is 2.83. The number of amides is 4. The fourth-order valence-corrected chi connectivity index (χ4v) is 5.49. The molecule has 2 aromatic heterocycles. The zero-order valence-corrected chi connectivity index (χ0v) is 20.5. The lowest BCUT2D eigenvalue weighted by molar-refractivity contribution is -0.126. The van der Waals surface area contributed by atoms with E-state index in [1.54, 1.807) is 11.3 Å². The fraction of sp³-hybridized carbons (Fsp3) is 0.474. The molecule has 1 aliphatic carbocycles. The number of carbonyl (C=O) groups excluding carboxylic acids is 4. The third kappa shape index (κ3) is 6.68. The Morgan fingerprint density at radius 2 is 1.79 bits per heavy atom. The van der Waals surface area contributed by atoms with Gasteiger partial charge in [0.15, 0.2) is 5.82 Å². The largest absolute Gasteiger partial charge is 0.318 e. The van der Waals surface area contributed by atoms with E-state index < -0.39 is 11.8 Å². The van der Waals surface area contributed by atoms with Gasteiger partial charge in [0.2, 0.25) is 22.9 Å². The topological polar surface area (TPSA) is 147 Å². The number of rotatable bonds is 8. The molecule has 33 heavy (non-hydrogen) atoms. The summed E-state index contributed by atoms with van der Waals surface area (Å²) in [7, 11) is 0. The minimum Gasteiger partial charge on any atom is -0.318 e. The smallest absolute Gasteiger partial charge is 0.253 e. The minimum absolute atomic E-state index is 0.0781. The van der Waals surface area contributed by atoms with E-state index in [1.807, 2.05) is 0 Å². The van der Waals surface area contributed by atoms with Gasteiger partial charge in [0, 0.05) is 25.1 Å². The third-order valence-corrected chi connectivity index (χ3v) is 7.09. The van der Waals surface area contributed by atoms with Crippen molar-refractivity contribution in [3.8, 4) is 0 Å². The van der Waals surface area contributed by atoms with Crippen LogP contribution >= 0.6 is 34.7 Å². The second-order valence-electron chi connectivity index (χ2n) is 7.30. The molecule has 0 atom stereocenters. The number of hydrogen-bond donors (Lipinski definition) is 4. The molecule has 0 aromatic carbocycles. The van der Waals surface area contributed by atoms with Crippen molar-refractivity contribution in [3.05, 3.63) is 21.8 Å². The maximum absolute atomic E-state index is 12.0. The molecule has 0 bridgehead atoms. The van der Waals surface area contributed by atoms with Crippen molar-refractivity contribution in [2.24, 2.45) is 0 Å². The van der Waals surface area contributed by atoms with Crippen molar-refractivity contribution in [1.29, 1.82) is 0 Å². The number of thioether (sulfide) groups is 1. The number of aryl methyl sites for hydroxylation is 1. The van der Waals surface area contributed by atoms with Crippen LogP contribution in [0.2, 0.25) is 0 Å². The van der Waals surface area contributed by atoms with E-state index in [-0.39, 0.29) is 23.4 Å². The predicted octanol–water partition coefficient (Wildman–Crippen LogP) is 1.34. The highest BCUT2D eigenvalue weighted by molar-refractivity contribution is 7.99. The van der Waals surface area contributed by atoms with E-state index in [2.05, 4.69) is 31.8 Å². The molecule has 0 fully saturated rings. The second-order valence-corrected chi connectivity index (χ2v) is 9.61. The number of hydrogen-bond acceptors (Lipinski definition) is 8. The first kappa shape index (κ1) is 25.0. The van der Waals surface area contributed by atoms with Crippen molar-refractivity contribution in [2.75, 3.05) is 22.4 Å². The van der Waals surface area contributed by atoms with Crippen LogP contribution in [0.5, 0.6) is 0 Å². The fourth-order valence-electron chi connectivity index (χ4n) is 3.35. The van der Waals surface area contributed by atoms with E-state index in [9.17, 15) is 19.2 Å².